The first-order chi connectivity index (χ1) is 16.9. The van der Waals surface area contributed by atoms with Gasteiger partial charge in [0.15, 0.2) is 11.5 Å². The zero-order valence-corrected chi connectivity index (χ0v) is 20.9. The number of ether oxygens (including phenoxy) is 2. The maximum atomic E-state index is 12.8. The molecule has 192 valence electrons. The first-order valence-corrected chi connectivity index (χ1v) is 12.7. The number of benzene rings is 2. The first-order valence-electron chi connectivity index (χ1n) is 12.7. The van der Waals surface area contributed by atoms with E-state index in [9.17, 15) is 13.9 Å². The Bertz CT molecular complexity index is 940. The lowest BCUT2D eigenvalue weighted by atomic mass is 9.72. The Morgan fingerprint density at radius 3 is 2.20 bits per heavy atom. The second-order valence-electron chi connectivity index (χ2n) is 10.1. The van der Waals surface area contributed by atoms with Gasteiger partial charge in [0.1, 0.15) is 6.61 Å². The number of likely N-dealkylation sites (N-methyl/N-ethyl adjacent to an activating group) is 1. The quantitative estimate of drug-likeness (QED) is 0.523. The smallest absolute Gasteiger partial charge is 0.263 e. The summed E-state index contributed by atoms with van der Waals surface area (Å²) in [5, 5.41) is 11.8. The Morgan fingerprint density at radius 1 is 0.914 bits per heavy atom. The maximum absolute atomic E-state index is 12.8. The van der Waals surface area contributed by atoms with Crippen LogP contribution in [0, 0.1) is 0 Å². The number of rotatable bonds is 9. The summed E-state index contributed by atoms with van der Waals surface area (Å²) in [6.07, 6.45) is 2.45. The highest BCUT2D eigenvalue weighted by Gasteiger charge is 2.40. The Balaban J connectivity index is 1.52. The third-order valence-electron chi connectivity index (χ3n) is 7.62. The number of aliphatic hydroxyl groups is 1. The number of methoxy groups -OCH3 is 1. The fraction of sp³-hybridized carbons (Fsp3) is 0.571. The molecule has 2 aromatic rings. The van der Waals surface area contributed by atoms with Crippen molar-refractivity contribution in [3.05, 3.63) is 59.2 Å². The second-order valence-corrected chi connectivity index (χ2v) is 10.1. The van der Waals surface area contributed by atoms with Gasteiger partial charge in [-0.2, -0.15) is 0 Å². The minimum Gasteiger partial charge on any atom is -0.493 e. The zero-order valence-electron chi connectivity index (χ0n) is 20.9. The summed E-state index contributed by atoms with van der Waals surface area (Å²) in [6.45, 7) is 5.18. The third-order valence-corrected chi connectivity index (χ3v) is 7.62. The highest BCUT2D eigenvalue weighted by atomic mass is 19.3. The molecule has 0 bridgehead atoms. The van der Waals surface area contributed by atoms with E-state index in [1.54, 1.807) is 19.2 Å². The third kappa shape index (κ3) is 6.51. The minimum atomic E-state index is -2.48. The van der Waals surface area contributed by atoms with Crippen molar-refractivity contribution in [3.63, 3.8) is 0 Å². The predicted molar refractivity (Wildman–Crippen MR) is 133 cm³/mol. The summed E-state index contributed by atoms with van der Waals surface area (Å²) in [7, 11) is 3.77. The fourth-order valence-electron chi connectivity index (χ4n) is 5.33. The molecule has 2 aromatic carbocycles. The number of hydrogen-bond donors (Lipinski definition) is 1. The van der Waals surface area contributed by atoms with Crippen LogP contribution in [-0.4, -0.2) is 67.4 Å². The first kappa shape index (κ1) is 25.9. The van der Waals surface area contributed by atoms with E-state index < -0.39 is 12.0 Å². The van der Waals surface area contributed by atoms with Crippen LogP contribution in [-0.2, 0) is 6.61 Å². The molecule has 5 nitrogen and oxygen atoms in total. The molecule has 1 saturated heterocycles. The molecule has 0 radical (unpaired) electrons. The highest BCUT2D eigenvalue weighted by Crippen LogP contribution is 2.42. The molecule has 1 aliphatic carbocycles. The van der Waals surface area contributed by atoms with Gasteiger partial charge in [-0.3, -0.25) is 0 Å². The lowest BCUT2D eigenvalue weighted by Crippen LogP contribution is -2.50. The molecule has 2 fully saturated rings. The van der Waals surface area contributed by atoms with Crippen LogP contribution in [0.25, 0.3) is 0 Å². The van der Waals surface area contributed by atoms with Crippen LogP contribution in [0.5, 0.6) is 11.5 Å². The van der Waals surface area contributed by atoms with Crippen LogP contribution in [0.1, 0.15) is 61.1 Å². The molecule has 0 amide bonds. The number of hydrogen-bond acceptors (Lipinski definition) is 5. The number of halogens is 2. The van der Waals surface area contributed by atoms with Gasteiger partial charge in [-0.05, 0) is 43.1 Å². The molecule has 4 rings (SSSR count). The summed E-state index contributed by atoms with van der Waals surface area (Å²) >= 11 is 0. The topological polar surface area (TPSA) is 45.2 Å². The molecular formula is C28H38F2N2O3. The monoisotopic (exact) mass is 488 g/mol. The standard InChI is InChI=1S/C28H38F2N2O3/c1-31-14-16-32(17-15-31)19-24(28(33)12-4-3-5-13-28)23-10-11-25(26(18-23)34-2)35-20-21-6-8-22(9-7-21)27(29)30/h6-11,18,24,27,33H,3-5,12-17,19-20H2,1-2H3. The largest absolute Gasteiger partial charge is 0.493 e. The Hall–Kier alpha value is -2.22. The van der Waals surface area contributed by atoms with Gasteiger partial charge in [0.2, 0.25) is 0 Å². The molecule has 1 heterocycles. The van der Waals surface area contributed by atoms with E-state index in [4.69, 9.17) is 9.47 Å². The van der Waals surface area contributed by atoms with Crippen LogP contribution < -0.4 is 9.47 Å². The van der Waals surface area contributed by atoms with Gasteiger partial charge in [0.05, 0.1) is 12.7 Å². The molecule has 1 aliphatic heterocycles. The van der Waals surface area contributed by atoms with Gasteiger partial charge in [-0.1, -0.05) is 49.6 Å². The molecule has 35 heavy (non-hydrogen) atoms. The summed E-state index contributed by atoms with van der Waals surface area (Å²) in [6, 6.07) is 12.1. The molecule has 1 saturated carbocycles. The Morgan fingerprint density at radius 2 is 1.57 bits per heavy atom. The van der Waals surface area contributed by atoms with Crippen LogP contribution in [0.4, 0.5) is 8.78 Å². The van der Waals surface area contributed by atoms with Crippen molar-refractivity contribution in [3.8, 4) is 11.5 Å². The van der Waals surface area contributed by atoms with E-state index in [0.717, 1.165) is 69.5 Å². The van der Waals surface area contributed by atoms with Crippen LogP contribution in [0.3, 0.4) is 0 Å². The molecule has 2 aliphatic rings. The molecular weight excluding hydrogens is 450 g/mol. The number of alkyl halides is 2. The van der Waals surface area contributed by atoms with Crippen molar-refractivity contribution in [2.75, 3.05) is 46.9 Å². The average Bonchev–Trinajstić information content (AvgIpc) is 2.87. The Labute approximate surface area is 207 Å². The Kier molecular flexibility index (Phi) is 8.63. The van der Waals surface area contributed by atoms with E-state index in [1.165, 1.54) is 18.6 Å². The zero-order chi connectivity index (χ0) is 24.8. The fourth-order valence-corrected chi connectivity index (χ4v) is 5.33. The van der Waals surface area contributed by atoms with Crippen LogP contribution in [0.2, 0.25) is 0 Å². The molecule has 1 atom stereocenters. The van der Waals surface area contributed by atoms with Gasteiger partial charge < -0.3 is 24.4 Å². The number of piperazine rings is 1. The minimum absolute atomic E-state index is 0.00252. The van der Waals surface area contributed by atoms with Gasteiger partial charge in [-0.15, -0.1) is 0 Å². The SMILES string of the molecule is COc1cc(C(CN2CCN(C)CC2)C2(O)CCCCC2)ccc1OCc1ccc(C(F)F)cc1. The summed E-state index contributed by atoms with van der Waals surface area (Å²) in [4.78, 5) is 4.81. The van der Waals surface area contributed by atoms with E-state index in [2.05, 4.69) is 16.8 Å². The van der Waals surface area contributed by atoms with Crippen molar-refractivity contribution < 1.29 is 23.4 Å². The highest BCUT2D eigenvalue weighted by molar-refractivity contribution is 5.45. The van der Waals surface area contributed by atoms with Crippen molar-refractivity contribution in [2.45, 2.75) is 56.7 Å². The van der Waals surface area contributed by atoms with Gasteiger partial charge in [-0.25, -0.2) is 8.78 Å². The summed E-state index contributed by atoms with van der Waals surface area (Å²) in [5.41, 5.74) is 1.16. The molecule has 0 aromatic heterocycles. The van der Waals surface area contributed by atoms with Gasteiger partial charge in [0.25, 0.3) is 6.43 Å². The molecule has 7 heteroatoms. The van der Waals surface area contributed by atoms with Gasteiger partial charge >= 0.3 is 0 Å². The summed E-state index contributed by atoms with van der Waals surface area (Å²) < 4.78 is 37.3. The van der Waals surface area contributed by atoms with E-state index in [-0.39, 0.29) is 18.1 Å². The number of nitrogens with zero attached hydrogens (tertiary/aromatic N) is 2. The maximum Gasteiger partial charge on any atom is 0.263 e. The lowest BCUT2D eigenvalue weighted by molar-refractivity contribution is -0.0337. The predicted octanol–water partition coefficient (Wildman–Crippen LogP) is 5.24. The normalized spacial score (nSPS) is 20.1. The van der Waals surface area contributed by atoms with Crippen molar-refractivity contribution in [1.82, 2.24) is 9.80 Å². The lowest BCUT2D eigenvalue weighted by Gasteiger charge is -2.43. The van der Waals surface area contributed by atoms with Crippen molar-refractivity contribution >= 4 is 0 Å². The van der Waals surface area contributed by atoms with Crippen LogP contribution in [0.15, 0.2) is 42.5 Å². The van der Waals surface area contributed by atoms with Gasteiger partial charge in [0, 0.05) is 44.2 Å². The van der Waals surface area contributed by atoms with Crippen molar-refractivity contribution in [1.29, 1.82) is 0 Å². The summed E-state index contributed by atoms with van der Waals surface area (Å²) in [5.74, 6) is 1.22. The molecule has 1 N–H and O–H groups in total. The molecule has 0 spiro atoms. The molecule has 1 unspecified atom stereocenters. The van der Waals surface area contributed by atoms with E-state index in [0.29, 0.717) is 11.5 Å². The van der Waals surface area contributed by atoms with Crippen LogP contribution >= 0.6 is 0 Å². The second kappa shape index (κ2) is 11.7. The van der Waals surface area contributed by atoms with Crippen molar-refractivity contribution in [2.24, 2.45) is 0 Å². The average molecular weight is 489 g/mol. The van der Waals surface area contributed by atoms with E-state index >= 15 is 0 Å². The van der Waals surface area contributed by atoms with E-state index in [1.807, 2.05) is 18.2 Å².